The van der Waals surface area contributed by atoms with E-state index in [1.54, 1.807) is 0 Å². The first-order valence-corrected chi connectivity index (χ1v) is 8.82. The van der Waals surface area contributed by atoms with Gasteiger partial charge in [-0.05, 0) is 30.5 Å². The topological polar surface area (TPSA) is 34.9 Å². The van der Waals surface area contributed by atoms with Crippen molar-refractivity contribution in [1.82, 2.24) is 9.55 Å². The number of aromatic nitrogens is 2. The number of hydrogen-bond donors (Lipinski definition) is 0. The molecule has 1 aromatic heterocycles. The lowest BCUT2D eigenvalue weighted by molar-refractivity contribution is 0.591. The molecule has 3 aromatic rings. The van der Waals surface area contributed by atoms with E-state index in [-0.39, 0.29) is 5.56 Å². The van der Waals surface area contributed by atoms with E-state index in [1.165, 1.54) is 18.4 Å². The van der Waals surface area contributed by atoms with Crippen LogP contribution in [-0.2, 0) is 19.4 Å². The number of nitrogens with zero attached hydrogens (tertiary/aromatic N) is 2. The van der Waals surface area contributed by atoms with Gasteiger partial charge >= 0.3 is 0 Å². The number of unbranched alkanes of at least 4 members (excludes halogenated alkanes) is 2. The highest BCUT2D eigenvalue weighted by Crippen LogP contribution is 2.11. The summed E-state index contributed by atoms with van der Waals surface area (Å²) in [5.41, 5.74) is 2.14. The highest BCUT2D eigenvalue weighted by molar-refractivity contribution is 5.77. The monoisotopic (exact) mass is 320 g/mol. The number of fused-ring (bicyclic) bond motifs is 1. The molecule has 24 heavy (non-hydrogen) atoms. The second-order valence-corrected chi connectivity index (χ2v) is 6.19. The minimum absolute atomic E-state index is 0.0861. The molecule has 0 aliphatic heterocycles. The van der Waals surface area contributed by atoms with Crippen molar-refractivity contribution < 1.29 is 0 Å². The summed E-state index contributed by atoms with van der Waals surface area (Å²) in [5.74, 6) is 0.920. The van der Waals surface area contributed by atoms with E-state index in [4.69, 9.17) is 4.98 Å². The maximum atomic E-state index is 12.9. The summed E-state index contributed by atoms with van der Waals surface area (Å²) < 4.78 is 1.88. The fraction of sp³-hybridized carbons (Fsp3) is 0.333. The van der Waals surface area contributed by atoms with Crippen molar-refractivity contribution in [3.8, 4) is 0 Å². The Morgan fingerprint density at radius 2 is 1.67 bits per heavy atom. The summed E-state index contributed by atoms with van der Waals surface area (Å²) >= 11 is 0. The Morgan fingerprint density at radius 1 is 0.917 bits per heavy atom. The normalized spacial score (nSPS) is 11.0. The first kappa shape index (κ1) is 16.4. The van der Waals surface area contributed by atoms with Crippen molar-refractivity contribution in [1.29, 1.82) is 0 Å². The van der Waals surface area contributed by atoms with Gasteiger partial charge in [0, 0.05) is 13.0 Å². The molecule has 0 aliphatic carbocycles. The van der Waals surface area contributed by atoms with Gasteiger partial charge in [-0.3, -0.25) is 9.36 Å². The SMILES string of the molecule is CCCCCc1nc2ccccc2c(=O)n1CCc1ccccc1. The molecular formula is C21H24N2O. The van der Waals surface area contributed by atoms with Gasteiger partial charge in [-0.2, -0.15) is 0 Å². The summed E-state index contributed by atoms with van der Waals surface area (Å²) in [6.07, 6.45) is 5.13. The van der Waals surface area contributed by atoms with Crippen LogP contribution in [0.3, 0.4) is 0 Å². The Morgan fingerprint density at radius 3 is 2.46 bits per heavy atom. The second kappa shape index (κ2) is 7.91. The van der Waals surface area contributed by atoms with Crippen molar-refractivity contribution >= 4 is 10.9 Å². The van der Waals surface area contributed by atoms with Crippen molar-refractivity contribution in [3.63, 3.8) is 0 Å². The molecule has 0 atom stereocenters. The zero-order valence-electron chi connectivity index (χ0n) is 14.2. The number of hydrogen-bond acceptors (Lipinski definition) is 2. The highest BCUT2D eigenvalue weighted by Gasteiger charge is 2.10. The van der Waals surface area contributed by atoms with E-state index in [9.17, 15) is 4.79 Å². The molecule has 0 spiro atoms. The van der Waals surface area contributed by atoms with E-state index in [1.807, 2.05) is 47.0 Å². The van der Waals surface area contributed by atoms with Crippen molar-refractivity contribution in [3.05, 3.63) is 76.3 Å². The third-order valence-corrected chi connectivity index (χ3v) is 4.41. The quantitative estimate of drug-likeness (QED) is 0.606. The molecule has 2 aromatic carbocycles. The third kappa shape index (κ3) is 3.73. The zero-order valence-corrected chi connectivity index (χ0v) is 14.2. The standard InChI is InChI=1S/C21H24N2O/c1-2-3-5-14-20-22-19-13-9-8-12-18(19)21(24)23(20)16-15-17-10-6-4-7-11-17/h4,6-13H,2-3,5,14-16H2,1H3. The van der Waals surface area contributed by atoms with E-state index in [0.717, 1.165) is 30.6 Å². The minimum Gasteiger partial charge on any atom is -0.296 e. The van der Waals surface area contributed by atoms with E-state index in [0.29, 0.717) is 11.9 Å². The fourth-order valence-corrected chi connectivity index (χ4v) is 3.05. The summed E-state index contributed by atoms with van der Waals surface area (Å²) in [7, 11) is 0. The number of para-hydroxylation sites is 1. The molecule has 0 fully saturated rings. The smallest absolute Gasteiger partial charge is 0.261 e. The van der Waals surface area contributed by atoms with Crippen LogP contribution in [0.5, 0.6) is 0 Å². The van der Waals surface area contributed by atoms with Crippen LogP contribution < -0.4 is 5.56 Å². The van der Waals surface area contributed by atoms with Crippen LogP contribution in [0.2, 0.25) is 0 Å². The van der Waals surface area contributed by atoms with Gasteiger partial charge in [0.05, 0.1) is 10.9 Å². The number of benzene rings is 2. The first-order valence-electron chi connectivity index (χ1n) is 8.82. The van der Waals surface area contributed by atoms with Crippen molar-refractivity contribution in [2.24, 2.45) is 0 Å². The van der Waals surface area contributed by atoms with Crippen LogP contribution in [0.15, 0.2) is 59.4 Å². The first-order chi connectivity index (χ1) is 11.8. The minimum atomic E-state index is 0.0861. The van der Waals surface area contributed by atoms with Gasteiger partial charge in [0.1, 0.15) is 5.82 Å². The molecule has 124 valence electrons. The lowest BCUT2D eigenvalue weighted by atomic mass is 10.1. The van der Waals surface area contributed by atoms with Gasteiger partial charge in [0.15, 0.2) is 0 Å². The summed E-state index contributed by atoms with van der Waals surface area (Å²) in [4.78, 5) is 17.7. The molecule has 1 heterocycles. The Kier molecular flexibility index (Phi) is 5.42. The Labute approximate surface area is 143 Å². The molecule has 0 radical (unpaired) electrons. The van der Waals surface area contributed by atoms with Crippen LogP contribution in [0.25, 0.3) is 10.9 Å². The maximum Gasteiger partial charge on any atom is 0.261 e. The van der Waals surface area contributed by atoms with Crippen LogP contribution in [0.4, 0.5) is 0 Å². The van der Waals surface area contributed by atoms with Crippen LogP contribution in [-0.4, -0.2) is 9.55 Å². The van der Waals surface area contributed by atoms with E-state index < -0.39 is 0 Å². The zero-order chi connectivity index (χ0) is 16.8. The molecule has 3 heteroatoms. The van der Waals surface area contributed by atoms with Crippen molar-refractivity contribution in [2.45, 2.75) is 45.6 Å². The molecule has 0 unspecified atom stereocenters. The predicted molar refractivity (Wildman–Crippen MR) is 99.4 cm³/mol. The Bertz CT molecular complexity index is 853. The average molecular weight is 320 g/mol. The Hall–Kier alpha value is -2.42. The maximum absolute atomic E-state index is 12.9. The molecule has 0 N–H and O–H groups in total. The fourth-order valence-electron chi connectivity index (χ4n) is 3.05. The number of rotatable bonds is 7. The molecule has 0 saturated heterocycles. The predicted octanol–water partition coefficient (Wildman–Crippen LogP) is 4.37. The third-order valence-electron chi connectivity index (χ3n) is 4.41. The molecule has 0 bridgehead atoms. The van der Waals surface area contributed by atoms with Gasteiger partial charge in [0.25, 0.3) is 5.56 Å². The number of aryl methyl sites for hydroxylation is 2. The highest BCUT2D eigenvalue weighted by atomic mass is 16.1. The summed E-state index contributed by atoms with van der Waals surface area (Å²) in [6.45, 7) is 2.87. The molecule has 0 amide bonds. The average Bonchev–Trinajstić information content (AvgIpc) is 2.62. The molecule has 0 aliphatic rings. The van der Waals surface area contributed by atoms with Gasteiger partial charge in [-0.15, -0.1) is 0 Å². The largest absolute Gasteiger partial charge is 0.296 e. The van der Waals surface area contributed by atoms with Crippen LogP contribution in [0.1, 0.15) is 37.6 Å². The lowest BCUT2D eigenvalue weighted by Crippen LogP contribution is -2.26. The van der Waals surface area contributed by atoms with Crippen LogP contribution >= 0.6 is 0 Å². The van der Waals surface area contributed by atoms with Crippen molar-refractivity contribution in [2.75, 3.05) is 0 Å². The lowest BCUT2D eigenvalue weighted by Gasteiger charge is -2.13. The summed E-state index contributed by atoms with van der Waals surface area (Å²) in [5, 5.41) is 0.713. The molecule has 0 saturated carbocycles. The molecular weight excluding hydrogens is 296 g/mol. The van der Waals surface area contributed by atoms with E-state index in [2.05, 4.69) is 19.1 Å². The summed E-state index contributed by atoms with van der Waals surface area (Å²) in [6, 6.07) is 18.0. The van der Waals surface area contributed by atoms with Gasteiger partial charge in [-0.25, -0.2) is 4.98 Å². The molecule has 3 rings (SSSR count). The second-order valence-electron chi connectivity index (χ2n) is 6.19. The van der Waals surface area contributed by atoms with Gasteiger partial charge in [0.2, 0.25) is 0 Å². The Balaban J connectivity index is 1.94. The van der Waals surface area contributed by atoms with Crippen LogP contribution in [0, 0.1) is 0 Å². The van der Waals surface area contributed by atoms with Gasteiger partial charge < -0.3 is 0 Å². The van der Waals surface area contributed by atoms with Gasteiger partial charge in [-0.1, -0.05) is 62.2 Å². The molecule has 3 nitrogen and oxygen atoms in total. The van der Waals surface area contributed by atoms with E-state index >= 15 is 0 Å².